The summed E-state index contributed by atoms with van der Waals surface area (Å²) in [7, 11) is 0. The van der Waals surface area contributed by atoms with E-state index in [4.69, 9.17) is 20.9 Å². The third kappa shape index (κ3) is 4.65. The number of rotatable bonds is 6. The molecule has 0 aliphatic heterocycles. The number of hydrogen-bond acceptors (Lipinski definition) is 6. The molecule has 26 heavy (non-hydrogen) atoms. The minimum Gasteiger partial charge on any atom is -0.455 e. The van der Waals surface area contributed by atoms with Gasteiger partial charge in [-0.05, 0) is 37.6 Å². The lowest BCUT2D eigenvalue weighted by molar-refractivity contribution is -0.142. The van der Waals surface area contributed by atoms with Crippen molar-refractivity contribution in [2.45, 2.75) is 25.3 Å². The predicted octanol–water partition coefficient (Wildman–Crippen LogP) is 4.84. The first-order chi connectivity index (χ1) is 12.5. The highest BCUT2D eigenvalue weighted by molar-refractivity contribution is 8.00. The van der Waals surface area contributed by atoms with Crippen molar-refractivity contribution in [3.8, 4) is 11.4 Å². The fourth-order valence-electron chi connectivity index (χ4n) is 2.35. The van der Waals surface area contributed by atoms with Crippen molar-refractivity contribution in [2.75, 3.05) is 5.75 Å². The topological polar surface area (TPSA) is 65.2 Å². The number of carbonyl (C=O) groups is 1. The highest BCUT2D eigenvalue weighted by Gasteiger charge is 2.13. The molecule has 1 aromatic heterocycles. The molecule has 134 valence electrons. The van der Waals surface area contributed by atoms with Crippen molar-refractivity contribution >= 4 is 29.3 Å². The summed E-state index contributed by atoms with van der Waals surface area (Å²) in [5.41, 5.74) is 3.00. The molecule has 0 spiro atoms. The fraction of sp³-hybridized carbons (Fsp3) is 0.211. The maximum absolute atomic E-state index is 11.9. The van der Waals surface area contributed by atoms with E-state index in [1.807, 2.05) is 38.1 Å². The van der Waals surface area contributed by atoms with Gasteiger partial charge in [0.15, 0.2) is 6.61 Å². The van der Waals surface area contributed by atoms with Crippen LogP contribution in [-0.2, 0) is 16.1 Å². The number of nitrogens with zero attached hydrogens (tertiary/aromatic N) is 2. The molecule has 0 N–H and O–H groups in total. The Hall–Kier alpha value is -2.31. The van der Waals surface area contributed by atoms with Crippen LogP contribution in [0.5, 0.6) is 0 Å². The summed E-state index contributed by atoms with van der Waals surface area (Å²) in [6, 6.07) is 13.3. The van der Waals surface area contributed by atoms with E-state index >= 15 is 0 Å². The fourth-order valence-corrected chi connectivity index (χ4v) is 3.38. The van der Waals surface area contributed by atoms with Crippen LogP contribution in [0.3, 0.4) is 0 Å². The minimum absolute atomic E-state index is 0.0657. The lowest BCUT2D eigenvalue weighted by Crippen LogP contribution is -2.07. The van der Waals surface area contributed by atoms with Crippen LogP contribution in [0.4, 0.5) is 0 Å². The third-order valence-electron chi connectivity index (χ3n) is 3.62. The van der Waals surface area contributed by atoms with Crippen LogP contribution < -0.4 is 0 Å². The van der Waals surface area contributed by atoms with Crippen LogP contribution in [0.25, 0.3) is 11.4 Å². The molecule has 5 nitrogen and oxygen atoms in total. The Morgan fingerprint density at radius 3 is 2.81 bits per heavy atom. The first kappa shape index (κ1) is 18.5. The number of aryl methyl sites for hydroxylation is 2. The summed E-state index contributed by atoms with van der Waals surface area (Å²) in [5, 5.41) is 4.40. The lowest BCUT2D eigenvalue weighted by atomic mass is 10.2. The Morgan fingerprint density at radius 2 is 2.04 bits per heavy atom. The molecule has 0 radical (unpaired) electrons. The number of hydrogen-bond donors (Lipinski definition) is 0. The number of benzene rings is 2. The number of ether oxygens (including phenoxy) is 1. The largest absolute Gasteiger partial charge is 0.455 e. The van der Waals surface area contributed by atoms with Gasteiger partial charge < -0.3 is 9.26 Å². The van der Waals surface area contributed by atoms with Gasteiger partial charge in [0.05, 0.1) is 10.8 Å². The van der Waals surface area contributed by atoms with Gasteiger partial charge in [-0.3, -0.25) is 4.79 Å². The molecule has 0 saturated carbocycles. The first-order valence-electron chi connectivity index (χ1n) is 7.96. The molecular formula is C19H17ClN2O3S. The number of halogens is 1. The molecule has 0 amide bonds. The Balaban J connectivity index is 1.53. The highest BCUT2D eigenvalue weighted by Crippen LogP contribution is 2.25. The molecular weight excluding hydrogens is 372 g/mol. The molecule has 0 atom stereocenters. The van der Waals surface area contributed by atoms with Gasteiger partial charge in [-0.25, -0.2) is 0 Å². The van der Waals surface area contributed by atoms with E-state index in [-0.39, 0.29) is 24.2 Å². The average Bonchev–Trinajstić information content (AvgIpc) is 3.08. The molecule has 3 aromatic rings. The maximum Gasteiger partial charge on any atom is 0.316 e. The molecule has 0 saturated heterocycles. The second kappa shape index (κ2) is 8.38. The summed E-state index contributed by atoms with van der Waals surface area (Å²) in [6.45, 7) is 4.00. The molecule has 1 heterocycles. The standard InChI is InChI=1S/C19H17ClN2O3S/c1-12-7-8-16(13(2)9-12)26-11-18(23)24-10-17-21-19(22-25-17)14-5-3-4-6-15(14)20/h3-9H,10-11H2,1-2H3. The zero-order valence-corrected chi connectivity index (χ0v) is 15.9. The molecule has 0 aliphatic carbocycles. The van der Waals surface area contributed by atoms with Crippen molar-refractivity contribution in [1.29, 1.82) is 0 Å². The van der Waals surface area contributed by atoms with E-state index in [1.165, 1.54) is 17.3 Å². The van der Waals surface area contributed by atoms with E-state index in [1.54, 1.807) is 12.1 Å². The average molecular weight is 389 g/mol. The van der Waals surface area contributed by atoms with Crippen LogP contribution in [0, 0.1) is 13.8 Å². The number of thioether (sulfide) groups is 1. The number of esters is 1. The summed E-state index contributed by atoms with van der Waals surface area (Å²) in [6.07, 6.45) is 0. The molecule has 7 heteroatoms. The van der Waals surface area contributed by atoms with Crippen molar-refractivity contribution in [2.24, 2.45) is 0 Å². The van der Waals surface area contributed by atoms with Gasteiger partial charge in [0, 0.05) is 10.5 Å². The normalized spacial score (nSPS) is 10.7. The van der Waals surface area contributed by atoms with Crippen molar-refractivity contribution in [3.63, 3.8) is 0 Å². The summed E-state index contributed by atoms with van der Waals surface area (Å²) >= 11 is 7.55. The Kier molecular flexibility index (Phi) is 5.96. The van der Waals surface area contributed by atoms with Crippen LogP contribution in [0.2, 0.25) is 5.02 Å². The quantitative estimate of drug-likeness (QED) is 0.444. The van der Waals surface area contributed by atoms with Gasteiger partial charge in [0.2, 0.25) is 5.82 Å². The van der Waals surface area contributed by atoms with E-state index in [0.717, 1.165) is 10.5 Å². The van der Waals surface area contributed by atoms with Gasteiger partial charge in [-0.2, -0.15) is 4.98 Å². The van der Waals surface area contributed by atoms with Crippen molar-refractivity contribution in [1.82, 2.24) is 10.1 Å². The molecule has 0 bridgehead atoms. The molecule has 0 unspecified atom stereocenters. The van der Waals surface area contributed by atoms with E-state index < -0.39 is 0 Å². The Morgan fingerprint density at radius 1 is 1.23 bits per heavy atom. The Bertz CT molecular complexity index is 927. The lowest BCUT2D eigenvalue weighted by Gasteiger charge is -2.06. The maximum atomic E-state index is 11.9. The van der Waals surface area contributed by atoms with Crippen molar-refractivity contribution < 1.29 is 14.1 Å². The second-order valence-corrected chi connectivity index (χ2v) is 7.13. The molecule has 0 aliphatic rings. The third-order valence-corrected chi connectivity index (χ3v) is 5.09. The summed E-state index contributed by atoms with van der Waals surface area (Å²) < 4.78 is 10.3. The zero-order valence-electron chi connectivity index (χ0n) is 14.4. The first-order valence-corrected chi connectivity index (χ1v) is 9.32. The van der Waals surface area contributed by atoms with Gasteiger partial charge >= 0.3 is 5.97 Å². The van der Waals surface area contributed by atoms with E-state index in [9.17, 15) is 4.79 Å². The van der Waals surface area contributed by atoms with Crippen molar-refractivity contribution in [3.05, 3.63) is 64.5 Å². The summed E-state index contributed by atoms with van der Waals surface area (Å²) in [4.78, 5) is 17.2. The van der Waals surface area contributed by atoms with Gasteiger partial charge in [0.25, 0.3) is 5.89 Å². The molecule has 3 rings (SSSR count). The minimum atomic E-state index is -0.340. The SMILES string of the molecule is Cc1ccc(SCC(=O)OCc2nc(-c3ccccc3Cl)no2)c(C)c1. The van der Waals surface area contributed by atoms with Crippen LogP contribution >= 0.6 is 23.4 Å². The van der Waals surface area contributed by atoms with Crippen LogP contribution in [0.15, 0.2) is 51.9 Å². The smallest absolute Gasteiger partial charge is 0.316 e. The number of carbonyl (C=O) groups excluding carboxylic acids is 1. The molecule has 0 fully saturated rings. The van der Waals surface area contributed by atoms with E-state index in [2.05, 4.69) is 16.2 Å². The predicted molar refractivity (Wildman–Crippen MR) is 101 cm³/mol. The summed E-state index contributed by atoms with van der Waals surface area (Å²) in [5.74, 6) is 0.471. The van der Waals surface area contributed by atoms with Gasteiger partial charge in [0.1, 0.15) is 0 Å². The molecule has 2 aromatic carbocycles. The highest BCUT2D eigenvalue weighted by atomic mass is 35.5. The van der Waals surface area contributed by atoms with Crippen LogP contribution in [-0.4, -0.2) is 21.9 Å². The van der Waals surface area contributed by atoms with E-state index in [0.29, 0.717) is 16.4 Å². The van der Waals surface area contributed by atoms with Gasteiger partial charge in [-0.1, -0.05) is 46.6 Å². The Labute approximate surface area is 160 Å². The van der Waals surface area contributed by atoms with Gasteiger partial charge in [-0.15, -0.1) is 11.8 Å². The van der Waals surface area contributed by atoms with Crippen LogP contribution in [0.1, 0.15) is 17.0 Å². The zero-order chi connectivity index (χ0) is 18.5. The monoisotopic (exact) mass is 388 g/mol. The number of aromatic nitrogens is 2. The second-order valence-electron chi connectivity index (χ2n) is 5.71.